The van der Waals surface area contributed by atoms with Crippen LogP contribution in [0, 0.1) is 0 Å². The van der Waals surface area contributed by atoms with Gasteiger partial charge in [0.2, 0.25) is 0 Å². The third kappa shape index (κ3) is 4.18. The molecule has 1 atom stereocenters. The molecule has 1 unspecified atom stereocenters. The Hall–Kier alpha value is -2.21. The Bertz CT molecular complexity index is 472. The van der Waals surface area contributed by atoms with Gasteiger partial charge in [-0.05, 0) is 19.1 Å². The average Bonchev–Trinajstić information content (AvgIpc) is 2.44. The molecule has 0 saturated heterocycles. The van der Waals surface area contributed by atoms with Gasteiger partial charge in [0, 0.05) is 11.1 Å². The van der Waals surface area contributed by atoms with Crippen molar-refractivity contribution >= 4 is 18.2 Å². The highest BCUT2D eigenvalue weighted by molar-refractivity contribution is 5.98. The molecule has 1 aromatic rings. The topological polar surface area (TPSA) is 92.7 Å². The van der Waals surface area contributed by atoms with E-state index in [2.05, 4.69) is 5.32 Å². The SMILES string of the molecule is CCOC(=O)C(CO)NC(=O)c1cccc(C=O)c1. The molecule has 0 saturated carbocycles. The lowest BCUT2D eigenvalue weighted by atomic mass is 10.1. The highest BCUT2D eigenvalue weighted by atomic mass is 16.5. The largest absolute Gasteiger partial charge is 0.464 e. The van der Waals surface area contributed by atoms with E-state index in [0.29, 0.717) is 11.8 Å². The van der Waals surface area contributed by atoms with E-state index in [-0.39, 0.29) is 12.2 Å². The zero-order valence-electron chi connectivity index (χ0n) is 10.5. The molecular formula is C13H15NO5. The average molecular weight is 265 g/mol. The molecule has 1 aromatic carbocycles. The first-order valence-electron chi connectivity index (χ1n) is 5.76. The van der Waals surface area contributed by atoms with Crippen molar-refractivity contribution in [2.24, 2.45) is 0 Å². The van der Waals surface area contributed by atoms with Gasteiger partial charge in [0.15, 0.2) is 6.04 Å². The smallest absolute Gasteiger partial charge is 0.331 e. The van der Waals surface area contributed by atoms with E-state index in [4.69, 9.17) is 9.84 Å². The second-order valence-electron chi connectivity index (χ2n) is 3.70. The number of aliphatic hydroxyl groups is 1. The molecule has 2 N–H and O–H groups in total. The molecule has 0 bridgehead atoms. The maximum Gasteiger partial charge on any atom is 0.331 e. The molecule has 0 aliphatic rings. The van der Waals surface area contributed by atoms with E-state index < -0.39 is 24.5 Å². The molecule has 0 aliphatic carbocycles. The van der Waals surface area contributed by atoms with Gasteiger partial charge in [0.25, 0.3) is 5.91 Å². The van der Waals surface area contributed by atoms with Crippen LogP contribution in [0.25, 0.3) is 0 Å². The van der Waals surface area contributed by atoms with Gasteiger partial charge in [-0.15, -0.1) is 0 Å². The fourth-order valence-corrected chi connectivity index (χ4v) is 1.42. The molecule has 0 heterocycles. The van der Waals surface area contributed by atoms with Crippen molar-refractivity contribution in [1.82, 2.24) is 5.32 Å². The number of amides is 1. The Morgan fingerprint density at radius 2 is 2.21 bits per heavy atom. The number of rotatable bonds is 6. The second-order valence-corrected chi connectivity index (χ2v) is 3.70. The molecule has 0 radical (unpaired) electrons. The summed E-state index contributed by atoms with van der Waals surface area (Å²) in [7, 11) is 0. The minimum absolute atomic E-state index is 0.159. The number of aldehydes is 1. The first-order valence-corrected chi connectivity index (χ1v) is 5.76. The minimum Gasteiger partial charge on any atom is -0.464 e. The van der Waals surface area contributed by atoms with Gasteiger partial charge >= 0.3 is 5.97 Å². The number of benzene rings is 1. The van der Waals surface area contributed by atoms with Gasteiger partial charge in [-0.3, -0.25) is 9.59 Å². The molecule has 0 spiro atoms. The molecule has 102 valence electrons. The van der Waals surface area contributed by atoms with Crippen molar-refractivity contribution < 1.29 is 24.2 Å². The number of ether oxygens (including phenoxy) is 1. The van der Waals surface area contributed by atoms with E-state index in [1.807, 2.05) is 0 Å². The van der Waals surface area contributed by atoms with Crippen LogP contribution in [0.5, 0.6) is 0 Å². The van der Waals surface area contributed by atoms with Crippen LogP contribution in [0.1, 0.15) is 27.6 Å². The Kier molecular flexibility index (Phi) is 5.69. The van der Waals surface area contributed by atoms with Crippen LogP contribution in [0.4, 0.5) is 0 Å². The predicted molar refractivity (Wildman–Crippen MR) is 66.8 cm³/mol. The van der Waals surface area contributed by atoms with Crippen LogP contribution < -0.4 is 5.32 Å². The van der Waals surface area contributed by atoms with Gasteiger partial charge in [-0.25, -0.2) is 4.79 Å². The summed E-state index contributed by atoms with van der Waals surface area (Å²) in [5.74, 6) is -1.26. The molecule has 19 heavy (non-hydrogen) atoms. The molecule has 0 fully saturated rings. The molecule has 0 aromatic heterocycles. The maximum absolute atomic E-state index is 11.8. The highest BCUT2D eigenvalue weighted by Gasteiger charge is 2.21. The Morgan fingerprint density at radius 1 is 1.47 bits per heavy atom. The summed E-state index contributed by atoms with van der Waals surface area (Å²) in [6.45, 7) is 1.23. The van der Waals surface area contributed by atoms with Gasteiger partial charge in [-0.1, -0.05) is 12.1 Å². The fraction of sp³-hybridized carbons (Fsp3) is 0.308. The summed E-state index contributed by atoms with van der Waals surface area (Å²) in [5, 5.41) is 11.4. The van der Waals surface area contributed by atoms with Crippen LogP contribution in [-0.2, 0) is 9.53 Å². The molecule has 6 nitrogen and oxygen atoms in total. The quantitative estimate of drug-likeness (QED) is 0.564. The van der Waals surface area contributed by atoms with Gasteiger partial charge < -0.3 is 15.2 Å². The molecule has 1 rings (SSSR count). The van der Waals surface area contributed by atoms with Crippen molar-refractivity contribution in [2.45, 2.75) is 13.0 Å². The van der Waals surface area contributed by atoms with Crippen LogP contribution in [0.3, 0.4) is 0 Å². The zero-order valence-corrected chi connectivity index (χ0v) is 10.5. The van der Waals surface area contributed by atoms with Crippen molar-refractivity contribution in [2.75, 3.05) is 13.2 Å². The molecular weight excluding hydrogens is 250 g/mol. The molecule has 0 aliphatic heterocycles. The lowest BCUT2D eigenvalue weighted by Gasteiger charge is -2.14. The number of carbonyl (C=O) groups is 3. The van der Waals surface area contributed by atoms with Gasteiger partial charge in [-0.2, -0.15) is 0 Å². The summed E-state index contributed by atoms with van der Waals surface area (Å²) in [6.07, 6.45) is 0.617. The van der Waals surface area contributed by atoms with Crippen molar-refractivity contribution in [3.8, 4) is 0 Å². The van der Waals surface area contributed by atoms with Crippen molar-refractivity contribution in [1.29, 1.82) is 0 Å². The van der Waals surface area contributed by atoms with Crippen molar-refractivity contribution in [3.63, 3.8) is 0 Å². The van der Waals surface area contributed by atoms with Crippen LogP contribution in [0.15, 0.2) is 24.3 Å². The lowest BCUT2D eigenvalue weighted by Crippen LogP contribution is -2.44. The van der Waals surface area contributed by atoms with Crippen LogP contribution in [0.2, 0.25) is 0 Å². The monoisotopic (exact) mass is 265 g/mol. The minimum atomic E-state index is -1.12. The van der Waals surface area contributed by atoms with Crippen molar-refractivity contribution in [3.05, 3.63) is 35.4 Å². The predicted octanol–water partition coefficient (Wildman–Crippen LogP) is 0.153. The summed E-state index contributed by atoms with van der Waals surface area (Å²) >= 11 is 0. The molecule has 6 heteroatoms. The van der Waals surface area contributed by atoms with Crippen LogP contribution >= 0.6 is 0 Å². The number of carbonyl (C=O) groups excluding carboxylic acids is 3. The van der Waals surface area contributed by atoms with Crippen LogP contribution in [-0.4, -0.2) is 42.5 Å². The van der Waals surface area contributed by atoms with Gasteiger partial charge in [0.05, 0.1) is 13.2 Å². The van der Waals surface area contributed by atoms with E-state index in [1.54, 1.807) is 19.1 Å². The fourth-order valence-electron chi connectivity index (χ4n) is 1.42. The summed E-state index contributed by atoms with van der Waals surface area (Å²) in [5.41, 5.74) is 0.580. The second kappa shape index (κ2) is 7.27. The zero-order chi connectivity index (χ0) is 14.3. The summed E-state index contributed by atoms with van der Waals surface area (Å²) in [6, 6.07) is 4.88. The third-order valence-corrected chi connectivity index (χ3v) is 2.34. The summed E-state index contributed by atoms with van der Waals surface area (Å²) < 4.78 is 4.71. The van der Waals surface area contributed by atoms with E-state index in [0.717, 1.165) is 0 Å². The van der Waals surface area contributed by atoms with Gasteiger partial charge in [0.1, 0.15) is 6.29 Å². The number of hydrogen-bond acceptors (Lipinski definition) is 5. The first-order chi connectivity index (χ1) is 9.12. The Balaban J connectivity index is 2.76. The number of hydrogen-bond donors (Lipinski definition) is 2. The van der Waals surface area contributed by atoms with E-state index >= 15 is 0 Å². The van der Waals surface area contributed by atoms with E-state index in [9.17, 15) is 14.4 Å². The number of esters is 1. The number of nitrogens with one attached hydrogen (secondary N) is 1. The maximum atomic E-state index is 11.8. The lowest BCUT2D eigenvalue weighted by molar-refractivity contribution is -0.146. The Labute approximate surface area is 110 Å². The highest BCUT2D eigenvalue weighted by Crippen LogP contribution is 2.04. The number of aliphatic hydroxyl groups excluding tert-OH is 1. The van der Waals surface area contributed by atoms with E-state index in [1.165, 1.54) is 12.1 Å². The first kappa shape index (κ1) is 14.8. The normalized spacial score (nSPS) is 11.5. The standard InChI is InChI=1S/C13H15NO5/c1-2-19-13(18)11(8-16)14-12(17)10-5-3-4-9(6-10)7-15/h3-7,11,16H,2,8H2,1H3,(H,14,17). The Morgan fingerprint density at radius 3 is 2.79 bits per heavy atom. The third-order valence-electron chi connectivity index (χ3n) is 2.34. The summed E-state index contributed by atoms with van der Waals surface area (Å²) in [4.78, 5) is 33.9. The molecule has 1 amide bonds.